The molecule has 0 saturated carbocycles. The summed E-state index contributed by atoms with van der Waals surface area (Å²) in [6.07, 6.45) is 2.39. The normalized spacial score (nSPS) is 12.6. The van der Waals surface area contributed by atoms with Crippen LogP contribution in [0.3, 0.4) is 0 Å². The van der Waals surface area contributed by atoms with Gasteiger partial charge in [-0.2, -0.15) is 0 Å². The van der Waals surface area contributed by atoms with Gasteiger partial charge in [-0.1, -0.05) is 44.5 Å². The van der Waals surface area contributed by atoms with E-state index in [1.807, 2.05) is 11.3 Å². The second-order valence-corrected chi connectivity index (χ2v) is 6.04. The van der Waals surface area contributed by atoms with Crippen molar-refractivity contribution in [2.24, 2.45) is 0 Å². The highest BCUT2D eigenvalue weighted by molar-refractivity contribution is 7.15. The molecule has 1 aromatic carbocycles. The fourth-order valence-corrected chi connectivity index (χ4v) is 3.31. The SMILES string of the molecule is CCCc1ccc(-c2ccc(C(C)NCC)s2)cc1. The van der Waals surface area contributed by atoms with Crippen molar-refractivity contribution in [3.63, 3.8) is 0 Å². The molecule has 2 aromatic rings. The van der Waals surface area contributed by atoms with E-state index in [0.717, 1.165) is 6.54 Å². The number of hydrogen-bond donors (Lipinski definition) is 1. The molecule has 0 aliphatic heterocycles. The van der Waals surface area contributed by atoms with E-state index in [9.17, 15) is 0 Å². The molecule has 1 aromatic heterocycles. The third kappa shape index (κ3) is 3.68. The second kappa shape index (κ2) is 6.88. The highest BCUT2D eigenvalue weighted by Gasteiger charge is 2.08. The molecular formula is C17H23NS. The van der Waals surface area contributed by atoms with Crippen LogP contribution in [0.4, 0.5) is 0 Å². The van der Waals surface area contributed by atoms with Gasteiger partial charge in [0.2, 0.25) is 0 Å². The van der Waals surface area contributed by atoms with E-state index in [-0.39, 0.29) is 0 Å². The Balaban J connectivity index is 2.13. The van der Waals surface area contributed by atoms with Crippen LogP contribution in [-0.4, -0.2) is 6.54 Å². The van der Waals surface area contributed by atoms with Crippen LogP contribution in [0.15, 0.2) is 36.4 Å². The molecule has 102 valence electrons. The summed E-state index contributed by atoms with van der Waals surface area (Å²) in [5.74, 6) is 0. The first-order valence-corrected chi connectivity index (χ1v) is 7.98. The number of thiophene rings is 1. The van der Waals surface area contributed by atoms with Gasteiger partial charge in [0.05, 0.1) is 0 Å². The highest BCUT2D eigenvalue weighted by Crippen LogP contribution is 2.31. The summed E-state index contributed by atoms with van der Waals surface area (Å²) in [4.78, 5) is 2.78. The molecule has 0 aliphatic carbocycles. The first-order chi connectivity index (χ1) is 9.24. The van der Waals surface area contributed by atoms with E-state index < -0.39 is 0 Å². The van der Waals surface area contributed by atoms with Crippen LogP contribution < -0.4 is 5.32 Å². The Kier molecular flexibility index (Phi) is 5.17. The summed E-state index contributed by atoms with van der Waals surface area (Å²) < 4.78 is 0. The summed E-state index contributed by atoms with van der Waals surface area (Å²) in [7, 11) is 0. The molecule has 19 heavy (non-hydrogen) atoms. The van der Waals surface area contributed by atoms with Gasteiger partial charge >= 0.3 is 0 Å². The lowest BCUT2D eigenvalue weighted by Gasteiger charge is -2.09. The van der Waals surface area contributed by atoms with Crippen molar-refractivity contribution in [3.05, 3.63) is 46.8 Å². The smallest absolute Gasteiger partial charge is 0.0386 e. The van der Waals surface area contributed by atoms with E-state index in [0.29, 0.717) is 6.04 Å². The molecule has 0 saturated heterocycles. The van der Waals surface area contributed by atoms with Gasteiger partial charge in [0.1, 0.15) is 0 Å². The van der Waals surface area contributed by atoms with Gasteiger partial charge in [-0.3, -0.25) is 0 Å². The first kappa shape index (κ1) is 14.3. The topological polar surface area (TPSA) is 12.0 Å². The van der Waals surface area contributed by atoms with Gasteiger partial charge < -0.3 is 5.32 Å². The Bertz CT molecular complexity index is 498. The Labute approximate surface area is 120 Å². The lowest BCUT2D eigenvalue weighted by atomic mass is 10.1. The van der Waals surface area contributed by atoms with Crippen LogP contribution in [0.5, 0.6) is 0 Å². The monoisotopic (exact) mass is 273 g/mol. The molecular weight excluding hydrogens is 250 g/mol. The minimum atomic E-state index is 0.447. The minimum Gasteiger partial charge on any atom is -0.310 e. The molecule has 1 atom stereocenters. The third-order valence-corrected chi connectivity index (χ3v) is 4.66. The van der Waals surface area contributed by atoms with Crippen molar-refractivity contribution in [2.75, 3.05) is 6.54 Å². The average Bonchev–Trinajstić information content (AvgIpc) is 2.90. The van der Waals surface area contributed by atoms with Gasteiger partial charge in [0.25, 0.3) is 0 Å². The predicted molar refractivity (Wildman–Crippen MR) is 85.8 cm³/mol. The van der Waals surface area contributed by atoms with Crippen molar-refractivity contribution >= 4 is 11.3 Å². The van der Waals surface area contributed by atoms with Gasteiger partial charge in [0, 0.05) is 15.8 Å². The minimum absolute atomic E-state index is 0.447. The number of benzene rings is 1. The molecule has 0 radical (unpaired) electrons. The lowest BCUT2D eigenvalue weighted by Crippen LogP contribution is -2.16. The summed E-state index contributed by atoms with van der Waals surface area (Å²) in [5, 5.41) is 3.46. The van der Waals surface area contributed by atoms with Crippen LogP contribution in [0.25, 0.3) is 10.4 Å². The van der Waals surface area contributed by atoms with Crippen molar-refractivity contribution in [2.45, 2.75) is 39.7 Å². The fraction of sp³-hybridized carbons (Fsp3) is 0.412. The molecule has 2 rings (SSSR count). The van der Waals surface area contributed by atoms with Crippen molar-refractivity contribution in [1.82, 2.24) is 5.32 Å². The van der Waals surface area contributed by atoms with Crippen molar-refractivity contribution in [1.29, 1.82) is 0 Å². The van der Waals surface area contributed by atoms with Crippen LogP contribution in [-0.2, 0) is 6.42 Å². The molecule has 1 heterocycles. The van der Waals surface area contributed by atoms with E-state index in [4.69, 9.17) is 0 Å². The van der Waals surface area contributed by atoms with Crippen LogP contribution in [0, 0.1) is 0 Å². The summed E-state index contributed by atoms with van der Waals surface area (Å²) in [6, 6.07) is 13.9. The Morgan fingerprint density at radius 2 is 1.79 bits per heavy atom. The lowest BCUT2D eigenvalue weighted by molar-refractivity contribution is 0.607. The molecule has 1 unspecified atom stereocenters. The van der Waals surface area contributed by atoms with Crippen LogP contribution >= 0.6 is 11.3 Å². The van der Waals surface area contributed by atoms with Crippen LogP contribution in [0.2, 0.25) is 0 Å². The maximum atomic E-state index is 3.46. The maximum Gasteiger partial charge on any atom is 0.0386 e. The molecule has 0 amide bonds. The van der Waals surface area contributed by atoms with E-state index in [1.165, 1.54) is 33.7 Å². The number of rotatable bonds is 6. The average molecular weight is 273 g/mol. The maximum absolute atomic E-state index is 3.46. The van der Waals surface area contributed by atoms with Gasteiger partial charge in [-0.25, -0.2) is 0 Å². The zero-order valence-electron chi connectivity index (χ0n) is 12.1. The molecule has 0 bridgehead atoms. The number of aryl methyl sites for hydroxylation is 1. The number of nitrogens with one attached hydrogen (secondary N) is 1. The Morgan fingerprint density at radius 1 is 1.05 bits per heavy atom. The molecule has 0 aliphatic rings. The van der Waals surface area contributed by atoms with Gasteiger partial charge in [-0.05, 0) is 43.1 Å². The quantitative estimate of drug-likeness (QED) is 0.777. The van der Waals surface area contributed by atoms with Crippen molar-refractivity contribution in [3.8, 4) is 10.4 Å². The van der Waals surface area contributed by atoms with Crippen molar-refractivity contribution < 1.29 is 0 Å². The Hall–Kier alpha value is -1.12. The molecule has 0 fully saturated rings. The summed E-state index contributed by atoms with van der Waals surface area (Å²) >= 11 is 1.89. The molecule has 1 nitrogen and oxygen atoms in total. The van der Waals surface area contributed by atoms with Gasteiger partial charge in [-0.15, -0.1) is 11.3 Å². The fourth-order valence-electron chi connectivity index (χ4n) is 2.27. The Morgan fingerprint density at radius 3 is 2.42 bits per heavy atom. The largest absolute Gasteiger partial charge is 0.310 e. The first-order valence-electron chi connectivity index (χ1n) is 7.17. The molecule has 0 spiro atoms. The standard InChI is InChI=1S/C17H23NS/c1-4-6-14-7-9-15(10-8-14)17-12-11-16(19-17)13(3)18-5-2/h7-13,18H,4-6H2,1-3H3. The molecule has 1 N–H and O–H groups in total. The summed E-state index contributed by atoms with van der Waals surface area (Å²) in [6.45, 7) is 7.61. The second-order valence-electron chi connectivity index (χ2n) is 4.93. The third-order valence-electron chi connectivity index (χ3n) is 3.34. The predicted octanol–water partition coefficient (Wildman–Crippen LogP) is 5.04. The van der Waals surface area contributed by atoms with E-state index in [1.54, 1.807) is 0 Å². The van der Waals surface area contributed by atoms with E-state index >= 15 is 0 Å². The molecule has 2 heteroatoms. The highest BCUT2D eigenvalue weighted by atomic mass is 32.1. The van der Waals surface area contributed by atoms with E-state index in [2.05, 4.69) is 62.5 Å². The summed E-state index contributed by atoms with van der Waals surface area (Å²) in [5.41, 5.74) is 2.77. The van der Waals surface area contributed by atoms with Crippen LogP contribution in [0.1, 0.15) is 43.7 Å². The number of hydrogen-bond acceptors (Lipinski definition) is 2. The van der Waals surface area contributed by atoms with Gasteiger partial charge in [0.15, 0.2) is 0 Å². The zero-order chi connectivity index (χ0) is 13.7. The zero-order valence-corrected chi connectivity index (χ0v) is 12.9.